The number of aliphatic carboxylic acids is 1. The Morgan fingerprint density at radius 2 is 1.76 bits per heavy atom. The van der Waals surface area contributed by atoms with Crippen LogP contribution in [0.15, 0.2) is 79.0 Å². The van der Waals surface area contributed by atoms with Crippen LogP contribution >= 0.6 is 0 Å². The van der Waals surface area contributed by atoms with E-state index in [1.165, 1.54) is 0 Å². The molecule has 3 N–H and O–H groups in total. The highest BCUT2D eigenvalue weighted by molar-refractivity contribution is 5.92. The van der Waals surface area contributed by atoms with E-state index < -0.39 is 12.0 Å². The summed E-state index contributed by atoms with van der Waals surface area (Å²) >= 11 is 0. The molecule has 4 aromatic rings. The molecule has 0 radical (unpaired) electrons. The summed E-state index contributed by atoms with van der Waals surface area (Å²) in [6, 6.07) is 21.8. The van der Waals surface area contributed by atoms with Gasteiger partial charge < -0.3 is 15.6 Å². The highest BCUT2D eigenvalue weighted by Crippen LogP contribution is 2.28. The molecule has 6 heteroatoms. The second-order valence-electron chi connectivity index (χ2n) is 6.64. The van der Waals surface area contributed by atoms with Gasteiger partial charge in [0, 0.05) is 23.2 Å². The normalized spacial score (nSPS) is 11.9. The van der Waals surface area contributed by atoms with Gasteiger partial charge in [0.05, 0.1) is 11.2 Å². The van der Waals surface area contributed by atoms with Gasteiger partial charge in [-0.2, -0.15) is 0 Å². The smallest absolute Gasteiger partial charge is 0.320 e. The van der Waals surface area contributed by atoms with Crippen molar-refractivity contribution in [2.75, 3.05) is 0 Å². The van der Waals surface area contributed by atoms with Crippen molar-refractivity contribution in [2.45, 2.75) is 12.5 Å². The van der Waals surface area contributed by atoms with Gasteiger partial charge in [0.25, 0.3) is 0 Å². The summed E-state index contributed by atoms with van der Waals surface area (Å²) in [6.07, 6.45) is 2.00. The third kappa shape index (κ3) is 4.23. The van der Waals surface area contributed by atoms with Crippen molar-refractivity contribution in [2.24, 2.45) is 5.73 Å². The Hall–Kier alpha value is -3.77. The molecule has 0 fully saturated rings. The number of fused-ring (bicyclic) bond motifs is 1. The van der Waals surface area contributed by atoms with Crippen LogP contribution in [0, 0.1) is 0 Å². The van der Waals surface area contributed by atoms with Crippen molar-refractivity contribution in [3.05, 3.63) is 84.6 Å². The predicted octanol–water partition coefficient (Wildman–Crippen LogP) is 4.04. The first-order valence-corrected chi connectivity index (χ1v) is 9.16. The highest BCUT2D eigenvalue weighted by Gasteiger charge is 2.12. The average molecular weight is 385 g/mol. The summed E-state index contributed by atoms with van der Waals surface area (Å²) in [5.74, 6) is 0.0644. The Bertz CT molecular complexity index is 1150. The molecule has 0 spiro atoms. The van der Waals surface area contributed by atoms with Gasteiger partial charge in [-0.05, 0) is 36.2 Å². The molecule has 0 saturated heterocycles. The van der Waals surface area contributed by atoms with E-state index in [0.717, 1.165) is 27.7 Å². The van der Waals surface area contributed by atoms with E-state index in [1.807, 2.05) is 48.5 Å². The minimum Gasteiger partial charge on any atom is -0.480 e. The SMILES string of the molecule is N[C@@H](Cc1ccc(Oc2ccc3c(-c4ccccc4)nccc3n2)cc1)C(=O)O. The number of hydrogen-bond donors (Lipinski definition) is 2. The molecular weight excluding hydrogens is 366 g/mol. The minimum atomic E-state index is -1.02. The maximum Gasteiger partial charge on any atom is 0.320 e. The fourth-order valence-electron chi connectivity index (χ4n) is 3.07. The van der Waals surface area contributed by atoms with Crippen LogP contribution in [0.4, 0.5) is 0 Å². The lowest BCUT2D eigenvalue weighted by molar-refractivity contribution is -0.138. The molecule has 0 aliphatic heterocycles. The second kappa shape index (κ2) is 8.08. The first kappa shape index (κ1) is 18.6. The van der Waals surface area contributed by atoms with Crippen LogP contribution in [-0.4, -0.2) is 27.1 Å². The molecule has 1 atom stereocenters. The molecule has 2 aromatic heterocycles. The van der Waals surface area contributed by atoms with Crippen LogP contribution in [-0.2, 0) is 11.2 Å². The number of carboxylic acid groups (broad SMARTS) is 1. The van der Waals surface area contributed by atoms with Crippen molar-refractivity contribution >= 4 is 16.9 Å². The predicted molar refractivity (Wildman–Crippen MR) is 111 cm³/mol. The molecule has 29 heavy (non-hydrogen) atoms. The summed E-state index contributed by atoms with van der Waals surface area (Å²) in [6.45, 7) is 0. The van der Waals surface area contributed by atoms with E-state index in [2.05, 4.69) is 9.97 Å². The van der Waals surface area contributed by atoms with Gasteiger partial charge in [-0.3, -0.25) is 9.78 Å². The molecule has 6 nitrogen and oxygen atoms in total. The molecule has 0 saturated carbocycles. The van der Waals surface area contributed by atoms with Crippen LogP contribution in [0.3, 0.4) is 0 Å². The van der Waals surface area contributed by atoms with E-state index in [4.69, 9.17) is 15.6 Å². The fraction of sp³-hybridized carbons (Fsp3) is 0.0870. The molecule has 2 heterocycles. The molecule has 0 aliphatic rings. The standard InChI is InChI=1S/C23H19N3O3/c24-19(23(27)28)14-15-6-8-17(9-7-15)29-21-11-10-18-20(26-21)12-13-25-22(18)16-4-2-1-3-5-16/h1-13,19H,14,24H2,(H,27,28)/t19-/m0/s1. The Kier molecular flexibility index (Phi) is 5.18. The number of rotatable bonds is 6. The number of ether oxygens (including phenoxy) is 1. The molecular formula is C23H19N3O3. The van der Waals surface area contributed by atoms with Crippen molar-refractivity contribution in [3.8, 4) is 22.9 Å². The van der Waals surface area contributed by atoms with E-state index in [-0.39, 0.29) is 6.42 Å². The summed E-state index contributed by atoms with van der Waals surface area (Å²) in [4.78, 5) is 20.0. The number of nitrogens with zero attached hydrogens (tertiary/aromatic N) is 2. The zero-order chi connectivity index (χ0) is 20.2. The summed E-state index contributed by atoms with van der Waals surface area (Å²) in [5, 5.41) is 9.86. The van der Waals surface area contributed by atoms with Crippen molar-refractivity contribution in [1.29, 1.82) is 0 Å². The van der Waals surface area contributed by atoms with Gasteiger partial charge in [-0.1, -0.05) is 42.5 Å². The summed E-state index contributed by atoms with van der Waals surface area (Å²) < 4.78 is 5.86. The van der Waals surface area contributed by atoms with Crippen LogP contribution in [0.25, 0.3) is 22.2 Å². The van der Waals surface area contributed by atoms with E-state index in [1.54, 1.807) is 30.5 Å². The van der Waals surface area contributed by atoms with Crippen LogP contribution < -0.4 is 10.5 Å². The Morgan fingerprint density at radius 3 is 2.48 bits per heavy atom. The van der Waals surface area contributed by atoms with Crippen molar-refractivity contribution in [3.63, 3.8) is 0 Å². The number of pyridine rings is 2. The topological polar surface area (TPSA) is 98.3 Å². The maximum atomic E-state index is 10.9. The lowest BCUT2D eigenvalue weighted by Crippen LogP contribution is -2.32. The quantitative estimate of drug-likeness (QED) is 0.520. The van der Waals surface area contributed by atoms with Crippen LogP contribution in [0.1, 0.15) is 5.56 Å². The van der Waals surface area contributed by atoms with Crippen molar-refractivity contribution < 1.29 is 14.6 Å². The van der Waals surface area contributed by atoms with E-state index >= 15 is 0 Å². The Balaban J connectivity index is 1.55. The van der Waals surface area contributed by atoms with Gasteiger partial charge in [0.1, 0.15) is 11.8 Å². The first-order valence-electron chi connectivity index (χ1n) is 9.16. The van der Waals surface area contributed by atoms with Gasteiger partial charge in [0.15, 0.2) is 0 Å². The molecule has 144 valence electrons. The Morgan fingerprint density at radius 1 is 1.00 bits per heavy atom. The first-order chi connectivity index (χ1) is 14.1. The lowest BCUT2D eigenvalue weighted by Gasteiger charge is -2.10. The van der Waals surface area contributed by atoms with Gasteiger partial charge in [0.2, 0.25) is 5.88 Å². The lowest BCUT2D eigenvalue weighted by atomic mass is 10.1. The molecule has 0 bridgehead atoms. The largest absolute Gasteiger partial charge is 0.480 e. The second-order valence-corrected chi connectivity index (χ2v) is 6.64. The molecule has 2 aromatic carbocycles. The van der Waals surface area contributed by atoms with Crippen molar-refractivity contribution in [1.82, 2.24) is 9.97 Å². The average Bonchev–Trinajstić information content (AvgIpc) is 2.75. The third-order valence-corrected chi connectivity index (χ3v) is 4.56. The van der Waals surface area contributed by atoms with E-state index in [9.17, 15) is 4.79 Å². The molecule has 0 amide bonds. The van der Waals surface area contributed by atoms with Crippen LogP contribution in [0.5, 0.6) is 11.6 Å². The number of carboxylic acids is 1. The van der Waals surface area contributed by atoms with Crippen LogP contribution in [0.2, 0.25) is 0 Å². The molecule has 4 rings (SSSR count). The highest BCUT2D eigenvalue weighted by atomic mass is 16.5. The fourth-order valence-corrected chi connectivity index (χ4v) is 3.07. The van der Waals surface area contributed by atoms with E-state index in [0.29, 0.717) is 11.6 Å². The summed E-state index contributed by atoms with van der Waals surface area (Å²) in [5.41, 5.74) is 9.10. The number of carbonyl (C=O) groups is 1. The Labute approximate surface area is 167 Å². The number of benzene rings is 2. The summed E-state index contributed by atoms with van der Waals surface area (Å²) in [7, 11) is 0. The number of hydrogen-bond acceptors (Lipinski definition) is 5. The van der Waals surface area contributed by atoms with Gasteiger partial charge >= 0.3 is 5.97 Å². The minimum absolute atomic E-state index is 0.263. The number of nitrogens with two attached hydrogens (primary N) is 1. The number of aromatic nitrogens is 2. The maximum absolute atomic E-state index is 10.9. The zero-order valence-electron chi connectivity index (χ0n) is 15.5. The third-order valence-electron chi connectivity index (χ3n) is 4.56. The van der Waals surface area contributed by atoms with Gasteiger partial charge in [-0.15, -0.1) is 0 Å². The molecule has 0 unspecified atom stereocenters. The molecule has 0 aliphatic carbocycles. The van der Waals surface area contributed by atoms with Gasteiger partial charge in [-0.25, -0.2) is 4.98 Å². The zero-order valence-corrected chi connectivity index (χ0v) is 15.5. The monoisotopic (exact) mass is 385 g/mol.